The zero-order valence-corrected chi connectivity index (χ0v) is 13.6. The van der Waals surface area contributed by atoms with Gasteiger partial charge in [0.05, 0.1) is 19.3 Å². The average molecular weight is 330 g/mol. The molecule has 8 nitrogen and oxygen atoms in total. The lowest BCUT2D eigenvalue weighted by Gasteiger charge is -2.38. The van der Waals surface area contributed by atoms with Crippen LogP contribution in [0.4, 0.5) is 0 Å². The molecule has 1 saturated heterocycles. The van der Waals surface area contributed by atoms with Gasteiger partial charge in [0.25, 0.3) is 0 Å². The Hall–Kier alpha value is -1.93. The second kappa shape index (κ2) is 9.26. The largest absolute Gasteiger partial charge is 0.466 e. The van der Waals surface area contributed by atoms with E-state index >= 15 is 0 Å². The Labute approximate surface area is 134 Å². The molecule has 0 amide bonds. The van der Waals surface area contributed by atoms with Gasteiger partial charge in [-0.15, -0.1) is 0 Å². The van der Waals surface area contributed by atoms with Crippen LogP contribution >= 0.6 is 0 Å². The van der Waals surface area contributed by atoms with Crippen molar-refractivity contribution in [3.8, 4) is 0 Å². The van der Waals surface area contributed by atoms with Gasteiger partial charge in [-0.25, -0.2) is 9.59 Å². The van der Waals surface area contributed by atoms with Crippen LogP contribution in [0.1, 0.15) is 26.7 Å². The molecule has 1 heterocycles. The molecule has 1 rings (SSSR count). The monoisotopic (exact) mass is 330 g/mol. The van der Waals surface area contributed by atoms with Gasteiger partial charge in [0, 0.05) is 32.1 Å². The summed E-state index contributed by atoms with van der Waals surface area (Å²) in [5.41, 5.74) is 0. The molecule has 0 aliphatic carbocycles. The minimum absolute atomic E-state index is 0.187. The van der Waals surface area contributed by atoms with Gasteiger partial charge in [-0.3, -0.25) is 4.79 Å². The van der Waals surface area contributed by atoms with Crippen molar-refractivity contribution in [2.75, 3.05) is 14.2 Å². The van der Waals surface area contributed by atoms with E-state index in [1.165, 1.54) is 14.2 Å². The summed E-state index contributed by atoms with van der Waals surface area (Å²) in [6, 6.07) is 0. The average Bonchev–Trinajstić information content (AvgIpc) is 2.54. The van der Waals surface area contributed by atoms with Gasteiger partial charge in [0.15, 0.2) is 6.10 Å². The van der Waals surface area contributed by atoms with Gasteiger partial charge < -0.3 is 23.7 Å². The van der Waals surface area contributed by atoms with Crippen molar-refractivity contribution in [2.45, 2.75) is 51.3 Å². The van der Waals surface area contributed by atoms with Crippen LogP contribution in [0.5, 0.6) is 0 Å². The van der Waals surface area contributed by atoms with Gasteiger partial charge >= 0.3 is 17.9 Å². The third-order valence-electron chi connectivity index (χ3n) is 3.30. The number of hydrogen-bond acceptors (Lipinski definition) is 8. The molecule has 8 heteroatoms. The van der Waals surface area contributed by atoms with Gasteiger partial charge in [-0.1, -0.05) is 6.92 Å². The first-order chi connectivity index (χ1) is 10.9. The van der Waals surface area contributed by atoms with Crippen LogP contribution in [-0.4, -0.2) is 56.7 Å². The van der Waals surface area contributed by atoms with Crippen LogP contribution in [-0.2, 0) is 38.1 Å². The molecule has 4 atom stereocenters. The topological polar surface area (TPSA) is 97.4 Å². The van der Waals surface area contributed by atoms with Crippen LogP contribution in [0.15, 0.2) is 12.2 Å². The lowest BCUT2D eigenvalue weighted by atomic mass is 10.0. The predicted molar refractivity (Wildman–Crippen MR) is 77.2 cm³/mol. The molecular weight excluding hydrogens is 308 g/mol. The number of hydrogen-bond donors (Lipinski definition) is 0. The summed E-state index contributed by atoms with van der Waals surface area (Å²) in [6.45, 7) is 3.42. The second-order valence-corrected chi connectivity index (χ2v) is 4.89. The molecular formula is C15H22O8. The molecule has 1 fully saturated rings. The summed E-state index contributed by atoms with van der Waals surface area (Å²) < 4.78 is 25.6. The number of rotatable bonds is 6. The first-order valence-electron chi connectivity index (χ1n) is 7.25. The molecule has 0 saturated carbocycles. The van der Waals surface area contributed by atoms with Crippen LogP contribution in [0.3, 0.4) is 0 Å². The van der Waals surface area contributed by atoms with Crippen LogP contribution in [0, 0.1) is 0 Å². The van der Waals surface area contributed by atoms with Crippen molar-refractivity contribution >= 4 is 17.9 Å². The fourth-order valence-corrected chi connectivity index (χ4v) is 2.02. The van der Waals surface area contributed by atoms with Crippen molar-refractivity contribution in [1.82, 2.24) is 0 Å². The van der Waals surface area contributed by atoms with Gasteiger partial charge in [0.1, 0.15) is 0 Å². The lowest BCUT2D eigenvalue weighted by molar-refractivity contribution is -0.260. The van der Waals surface area contributed by atoms with E-state index in [-0.39, 0.29) is 18.6 Å². The molecule has 23 heavy (non-hydrogen) atoms. The Morgan fingerprint density at radius 1 is 1.09 bits per heavy atom. The van der Waals surface area contributed by atoms with E-state index < -0.39 is 30.3 Å². The molecule has 1 aliphatic heterocycles. The normalized spacial score (nSPS) is 27.5. The zero-order chi connectivity index (χ0) is 17.4. The fourth-order valence-electron chi connectivity index (χ4n) is 2.02. The molecule has 0 N–H and O–H groups in total. The maximum atomic E-state index is 11.7. The summed E-state index contributed by atoms with van der Waals surface area (Å²) in [7, 11) is 2.71. The lowest BCUT2D eigenvalue weighted by Crippen LogP contribution is -2.50. The number of carbonyl (C=O) groups is 3. The molecule has 0 aromatic rings. The van der Waals surface area contributed by atoms with Crippen LogP contribution < -0.4 is 0 Å². The van der Waals surface area contributed by atoms with Crippen LogP contribution in [0.2, 0.25) is 0 Å². The molecule has 0 bridgehead atoms. The molecule has 0 aromatic heterocycles. The molecule has 0 spiro atoms. The van der Waals surface area contributed by atoms with Gasteiger partial charge in [-0.05, 0) is 6.92 Å². The number of ether oxygens (including phenoxy) is 5. The smallest absolute Gasteiger partial charge is 0.333 e. The molecule has 130 valence electrons. The van der Waals surface area contributed by atoms with Gasteiger partial charge in [0.2, 0.25) is 6.29 Å². The standard InChI is InChI=1S/C15H22O8/c1-5-12(16)22-11-8-10(19-3)9(2)21-15(11)23-14(18)7-6-13(17)20-4/h6-7,9-11,15H,5,8H2,1-4H3/b7-6+/t9?,10-,11?,15+/m0/s1. The highest BCUT2D eigenvalue weighted by molar-refractivity contribution is 5.91. The van der Waals surface area contributed by atoms with E-state index in [4.69, 9.17) is 18.9 Å². The number of carbonyl (C=O) groups excluding carboxylic acids is 3. The van der Waals surface area contributed by atoms with E-state index in [2.05, 4.69) is 4.74 Å². The van der Waals surface area contributed by atoms with Crippen molar-refractivity contribution in [2.24, 2.45) is 0 Å². The van der Waals surface area contributed by atoms with Crippen molar-refractivity contribution in [3.05, 3.63) is 12.2 Å². The maximum absolute atomic E-state index is 11.7. The van der Waals surface area contributed by atoms with Crippen molar-refractivity contribution in [1.29, 1.82) is 0 Å². The van der Waals surface area contributed by atoms with E-state index in [9.17, 15) is 14.4 Å². The third kappa shape index (κ3) is 5.99. The molecule has 1 aliphatic rings. The Balaban J connectivity index is 2.74. The van der Waals surface area contributed by atoms with Gasteiger partial charge in [-0.2, -0.15) is 0 Å². The summed E-state index contributed by atoms with van der Waals surface area (Å²) >= 11 is 0. The molecule has 0 aromatic carbocycles. The van der Waals surface area contributed by atoms with E-state index in [1.807, 2.05) is 0 Å². The zero-order valence-electron chi connectivity index (χ0n) is 13.6. The van der Waals surface area contributed by atoms with E-state index in [0.717, 1.165) is 12.2 Å². The third-order valence-corrected chi connectivity index (χ3v) is 3.30. The van der Waals surface area contributed by atoms with Crippen LogP contribution in [0.25, 0.3) is 0 Å². The minimum atomic E-state index is -1.07. The molecule has 0 radical (unpaired) electrons. The summed E-state index contributed by atoms with van der Waals surface area (Å²) in [5.74, 6) is -1.93. The molecule has 2 unspecified atom stereocenters. The maximum Gasteiger partial charge on any atom is 0.333 e. The summed E-state index contributed by atoms with van der Waals surface area (Å²) in [4.78, 5) is 34.2. The highest BCUT2D eigenvalue weighted by atomic mass is 16.7. The summed E-state index contributed by atoms with van der Waals surface area (Å²) in [6.07, 6.45) is -0.111. The number of esters is 3. The Kier molecular flexibility index (Phi) is 7.70. The predicted octanol–water partition coefficient (Wildman–Crippen LogP) is 0.730. The van der Waals surface area contributed by atoms with Crippen molar-refractivity contribution in [3.63, 3.8) is 0 Å². The Bertz CT molecular complexity index is 458. The minimum Gasteiger partial charge on any atom is -0.466 e. The second-order valence-electron chi connectivity index (χ2n) is 4.89. The quantitative estimate of drug-likeness (QED) is 0.399. The highest BCUT2D eigenvalue weighted by Crippen LogP contribution is 2.26. The first kappa shape index (κ1) is 19.1. The fraction of sp³-hybridized carbons (Fsp3) is 0.667. The number of methoxy groups -OCH3 is 2. The SMILES string of the molecule is CCC(=O)OC1C[C@H](OC)C(C)O[C@@H]1OC(=O)/C=C/C(=O)OC. The summed E-state index contributed by atoms with van der Waals surface area (Å²) in [5, 5.41) is 0. The van der Waals surface area contributed by atoms with Crippen molar-refractivity contribution < 1.29 is 38.1 Å². The Morgan fingerprint density at radius 3 is 2.30 bits per heavy atom. The first-order valence-corrected chi connectivity index (χ1v) is 7.25. The van der Waals surface area contributed by atoms with E-state index in [1.54, 1.807) is 13.8 Å². The highest BCUT2D eigenvalue weighted by Gasteiger charge is 2.40. The Morgan fingerprint density at radius 2 is 1.74 bits per heavy atom. The van der Waals surface area contributed by atoms with E-state index in [0.29, 0.717) is 6.42 Å².